The monoisotopic (exact) mass is 475 g/mol. The van der Waals surface area contributed by atoms with Crippen molar-refractivity contribution in [1.82, 2.24) is 25.4 Å². The van der Waals surface area contributed by atoms with Crippen LogP contribution < -0.4 is 15.4 Å². The van der Waals surface area contributed by atoms with E-state index >= 15 is 0 Å². The Bertz CT molecular complexity index is 982. The molecule has 11 heteroatoms. The highest BCUT2D eigenvalue weighted by atomic mass is 16.6. The molecular formula is C23H33N5O6. The fourth-order valence-corrected chi connectivity index (χ4v) is 3.20. The zero-order chi connectivity index (χ0) is 25.5. The molecule has 2 aromatic rings. The number of alkyl carbamates (subject to hydrolysis) is 1. The molecule has 11 nitrogen and oxygen atoms in total. The number of nitrogens with zero attached hydrogens (tertiary/aromatic N) is 3. The second kappa shape index (κ2) is 11.5. The van der Waals surface area contributed by atoms with Gasteiger partial charge in [0, 0.05) is 6.42 Å². The zero-order valence-corrected chi connectivity index (χ0v) is 20.6. The first-order valence-corrected chi connectivity index (χ1v) is 10.8. The second-order valence-electron chi connectivity index (χ2n) is 8.79. The van der Waals surface area contributed by atoms with Crippen molar-refractivity contribution in [3.63, 3.8) is 0 Å². The summed E-state index contributed by atoms with van der Waals surface area (Å²) in [5, 5.41) is 13.5. The van der Waals surface area contributed by atoms with Crippen LogP contribution in [0.1, 0.15) is 58.1 Å². The number of aromatic nitrogens is 3. The van der Waals surface area contributed by atoms with Crippen LogP contribution in [0.25, 0.3) is 0 Å². The van der Waals surface area contributed by atoms with Gasteiger partial charge in [0.05, 0.1) is 20.3 Å². The number of hydrogen-bond acceptors (Lipinski definition) is 8. The number of ether oxygens (including phenoxy) is 3. The summed E-state index contributed by atoms with van der Waals surface area (Å²) >= 11 is 0. The van der Waals surface area contributed by atoms with Gasteiger partial charge in [0.25, 0.3) is 0 Å². The third-order valence-electron chi connectivity index (χ3n) is 4.86. The molecule has 0 aliphatic carbocycles. The van der Waals surface area contributed by atoms with Crippen LogP contribution in [-0.2, 0) is 25.5 Å². The molecule has 0 spiro atoms. The third kappa shape index (κ3) is 7.46. The van der Waals surface area contributed by atoms with Gasteiger partial charge in [0.1, 0.15) is 29.8 Å². The Morgan fingerprint density at radius 1 is 1.06 bits per heavy atom. The predicted molar refractivity (Wildman–Crippen MR) is 123 cm³/mol. The smallest absolute Gasteiger partial charge is 0.408 e. The van der Waals surface area contributed by atoms with E-state index in [1.165, 1.54) is 20.4 Å². The fraction of sp³-hybridized carbons (Fsp3) is 0.522. The molecule has 0 radical (unpaired) electrons. The molecule has 2 rings (SSSR count). The summed E-state index contributed by atoms with van der Waals surface area (Å²) in [6, 6.07) is 5.00. The highest BCUT2D eigenvalue weighted by Gasteiger charge is 2.29. The van der Waals surface area contributed by atoms with Gasteiger partial charge in [-0.3, -0.25) is 4.79 Å². The second-order valence-corrected chi connectivity index (χ2v) is 8.79. The van der Waals surface area contributed by atoms with Crippen LogP contribution in [0.5, 0.6) is 5.75 Å². The van der Waals surface area contributed by atoms with Crippen molar-refractivity contribution in [2.75, 3.05) is 14.2 Å². The Kier molecular flexibility index (Phi) is 8.99. The molecule has 0 bridgehead atoms. The van der Waals surface area contributed by atoms with E-state index < -0.39 is 41.7 Å². The van der Waals surface area contributed by atoms with Gasteiger partial charge in [-0.15, -0.1) is 10.2 Å². The lowest BCUT2D eigenvalue weighted by molar-refractivity contribution is -0.144. The van der Waals surface area contributed by atoms with E-state index in [-0.39, 0.29) is 6.42 Å². The average molecular weight is 476 g/mol. The summed E-state index contributed by atoms with van der Waals surface area (Å²) in [4.78, 5) is 37.4. The molecule has 0 fully saturated rings. The van der Waals surface area contributed by atoms with E-state index in [1.807, 2.05) is 12.1 Å². The minimum absolute atomic E-state index is 0.272. The Morgan fingerprint density at radius 2 is 1.71 bits per heavy atom. The molecule has 1 aromatic carbocycles. The molecule has 3 atom stereocenters. The van der Waals surface area contributed by atoms with Crippen molar-refractivity contribution < 1.29 is 28.6 Å². The molecule has 0 saturated heterocycles. The van der Waals surface area contributed by atoms with Gasteiger partial charge in [-0.25, -0.2) is 9.59 Å². The number of methoxy groups -OCH3 is 2. The van der Waals surface area contributed by atoms with Crippen molar-refractivity contribution in [3.05, 3.63) is 42.0 Å². The fourth-order valence-electron chi connectivity index (χ4n) is 3.20. The molecule has 0 unspecified atom stereocenters. The Balaban J connectivity index is 2.33. The lowest BCUT2D eigenvalue weighted by Gasteiger charge is -2.25. The van der Waals surface area contributed by atoms with E-state index in [2.05, 4.69) is 20.8 Å². The number of amides is 2. The number of benzene rings is 1. The minimum Gasteiger partial charge on any atom is -0.497 e. The maximum atomic E-state index is 13.3. The van der Waals surface area contributed by atoms with E-state index in [9.17, 15) is 14.4 Å². The zero-order valence-electron chi connectivity index (χ0n) is 20.6. The number of hydrogen-bond donors (Lipinski definition) is 2. The Morgan fingerprint density at radius 3 is 2.26 bits per heavy atom. The summed E-state index contributed by atoms with van der Waals surface area (Å²) in [5.41, 5.74) is 0.178. The topological polar surface area (TPSA) is 134 Å². The summed E-state index contributed by atoms with van der Waals surface area (Å²) in [7, 11) is 2.82. The van der Waals surface area contributed by atoms with Crippen molar-refractivity contribution in [2.24, 2.45) is 0 Å². The number of rotatable bonds is 9. The van der Waals surface area contributed by atoms with Crippen LogP contribution in [0.4, 0.5) is 4.79 Å². The molecule has 0 aliphatic heterocycles. The SMILES string of the molecule is COC(=O)[C@H](C)NC(=O)[C@H](Cc1ccc(OC)cc1)n1cnnc1[C@H](C)NC(=O)OC(C)(C)C. The normalized spacial score (nSPS) is 13.9. The van der Waals surface area contributed by atoms with Crippen LogP contribution in [0.3, 0.4) is 0 Å². The summed E-state index contributed by atoms with van der Waals surface area (Å²) < 4.78 is 16.8. The van der Waals surface area contributed by atoms with E-state index in [0.717, 1.165) is 5.56 Å². The molecule has 34 heavy (non-hydrogen) atoms. The quantitative estimate of drug-likeness (QED) is 0.528. The lowest BCUT2D eigenvalue weighted by atomic mass is 10.0. The van der Waals surface area contributed by atoms with Crippen molar-refractivity contribution in [3.8, 4) is 5.75 Å². The molecule has 2 amide bonds. The third-order valence-corrected chi connectivity index (χ3v) is 4.86. The van der Waals surface area contributed by atoms with Gasteiger partial charge in [0.2, 0.25) is 5.91 Å². The van der Waals surface area contributed by atoms with Crippen molar-refractivity contribution in [1.29, 1.82) is 0 Å². The highest BCUT2D eigenvalue weighted by Crippen LogP contribution is 2.22. The molecule has 186 valence electrons. The van der Waals surface area contributed by atoms with Crippen LogP contribution in [0, 0.1) is 0 Å². The van der Waals surface area contributed by atoms with E-state index in [0.29, 0.717) is 11.6 Å². The van der Waals surface area contributed by atoms with E-state index in [1.54, 1.807) is 51.5 Å². The van der Waals surface area contributed by atoms with Gasteiger partial charge in [0.15, 0.2) is 5.82 Å². The van der Waals surface area contributed by atoms with Crippen LogP contribution >= 0.6 is 0 Å². The van der Waals surface area contributed by atoms with Gasteiger partial charge in [-0.1, -0.05) is 12.1 Å². The number of nitrogens with one attached hydrogen (secondary N) is 2. The first-order chi connectivity index (χ1) is 15.9. The average Bonchev–Trinajstić information content (AvgIpc) is 3.25. The minimum atomic E-state index is -0.854. The number of carbonyl (C=O) groups is 3. The Hall–Kier alpha value is -3.63. The molecule has 0 aliphatic rings. The van der Waals surface area contributed by atoms with Crippen LogP contribution in [-0.4, -0.2) is 58.6 Å². The first kappa shape index (κ1) is 26.6. The predicted octanol–water partition coefficient (Wildman–Crippen LogP) is 2.33. The molecule has 0 saturated carbocycles. The highest BCUT2D eigenvalue weighted by molar-refractivity contribution is 5.86. The number of carbonyl (C=O) groups excluding carboxylic acids is 3. The van der Waals surface area contributed by atoms with Gasteiger partial charge in [-0.2, -0.15) is 0 Å². The summed E-state index contributed by atoms with van der Waals surface area (Å²) in [5.74, 6) is 0.0363. The standard InChI is InChI=1S/C23H33N5O6/c1-14(26-22(31)34-23(3,4)5)19-27-24-13-28(19)18(20(29)25-15(2)21(30)33-7)12-16-8-10-17(32-6)11-9-16/h8-11,13-15,18H,12H2,1-7H3,(H,25,29)(H,26,31)/t14-,15-,18-/m0/s1. The van der Waals surface area contributed by atoms with Gasteiger partial charge >= 0.3 is 12.1 Å². The van der Waals surface area contributed by atoms with E-state index in [4.69, 9.17) is 14.2 Å². The maximum Gasteiger partial charge on any atom is 0.408 e. The lowest BCUT2D eigenvalue weighted by Crippen LogP contribution is -2.44. The first-order valence-electron chi connectivity index (χ1n) is 10.8. The van der Waals surface area contributed by atoms with Crippen LogP contribution in [0.2, 0.25) is 0 Å². The van der Waals surface area contributed by atoms with Crippen LogP contribution in [0.15, 0.2) is 30.6 Å². The molecule has 2 N–H and O–H groups in total. The largest absolute Gasteiger partial charge is 0.497 e. The van der Waals surface area contributed by atoms with Gasteiger partial charge < -0.3 is 29.4 Å². The van der Waals surface area contributed by atoms with Gasteiger partial charge in [-0.05, 0) is 52.3 Å². The number of esters is 1. The molecular weight excluding hydrogens is 442 g/mol. The van der Waals surface area contributed by atoms with Crippen molar-refractivity contribution >= 4 is 18.0 Å². The molecule has 1 aromatic heterocycles. The van der Waals surface area contributed by atoms with Crippen molar-refractivity contribution in [2.45, 2.75) is 64.8 Å². The maximum absolute atomic E-state index is 13.3. The molecule has 1 heterocycles. The Labute approximate surface area is 199 Å². The summed E-state index contributed by atoms with van der Waals surface area (Å²) in [6.45, 7) is 8.53. The summed E-state index contributed by atoms with van der Waals surface area (Å²) in [6.07, 6.45) is 1.07.